The van der Waals surface area contributed by atoms with Gasteiger partial charge in [0.1, 0.15) is 11.1 Å². The molecule has 130 valence electrons. The van der Waals surface area contributed by atoms with E-state index >= 15 is 0 Å². The van der Waals surface area contributed by atoms with E-state index in [1.165, 1.54) is 17.3 Å². The topological polar surface area (TPSA) is 75.0 Å². The Labute approximate surface area is 151 Å². The van der Waals surface area contributed by atoms with Crippen molar-refractivity contribution < 1.29 is 9.53 Å². The summed E-state index contributed by atoms with van der Waals surface area (Å²) in [5, 5.41) is 13.8. The van der Waals surface area contributed by atoms with Crippen molar-refractivity contribution in [3.05, 3.63) is 35.4 Å². The molecule has 1 fully saturated rings. The number of pyridine rings is 1. The number of hydrogen-bond acceptors (Lipinski definition) is 5. The van der Waals surface area contributed by atoms with E-state index in [0.717, 1.165) is 36.8 Å². The zero-order valence-electron chi connectivity index (χ0n) is 14.2. The van der Waals surface area contributed by atoms with Gasteiger partial charge in [-0.3, -0.25) is 4.79 Å². The van der Waals surface area contributed by atoms with Crippen molar-refractivity contribution in [1.82, 2.24) is 10.3 Å². The van der Waals surface area contributed by atoms with Gasteiger partial charge in [0.25, 0.3) is 0 Å². The van der Waals surface area contributed by atoms with Crippen LogP contribution in [0.4, 0.5) is 0 Å². The van der Waals surface area contributed by atoms with Gasteiger partial charge < -0.3 is 10.1 Å². The highest BCUT2D eigenvalue weighted by Gasteiger charge is 2.16. The lowest BCUT2D eigenvalue weighted by atomic mass is 10.1. The molecular weight excluding hydrogens is 334 g/mol. The molecule has 5 nitrogen and oxygen atoms in total. The van der Waals surface area contributed by atoms with Crippen LogP contribution in [0, 0.1) is 11.3 Å². The van der Waals surface area contributed by atoms with Crippen LogP contribution in [0.3, 0.4) is 0 Å². The highest BCUT2D eigenvalue weighted by molar-refractivity contribution is 8.00. The smallest absolute Gasteiger partial charge is 0.230 e. The minimum absolute atomic E-state index is 0.0624. The van der Waals surface area contributed by atoms with Crippen LogP contribution in [-0.2, 0) is 16.0 Å². The van der Waals surface area contributed by atoms with Crippen molar-refractivity contribution in [3.8, 4) is 6.07 Å². The predicted molar refractivity (Wildman–Crippen MR) is 98.5 cm³/mol. The molecule has 0 aliphatic carbocycles. The number of hydrogen-bond donors (Lipinski definition) is 1. The Morgan fingerprint density at radius 3 is 3.08 bits per heavy atom. The molecule has 0 bridgehead atoms. The number of nitrogens with one attached hydrogen (secondary N) is 1. The lowest BCUT2D eigenvalue weighted by Crippen LogP contribution is -2.32. The summed E-state index contributed by atoms with van der Waals surface area (Å²) in [7, 11) is 0. The van der Waals surface area contributed by atoms with Crippen molar-refractivity contribution in [3.63, 3.8) is 0 Å². The van der Waals surface area contributed by atoms with Crippen molar-refractivity contribution in [2.45, 2.75) is 37.3 Å². The first kappa shape index (κ1) is 17.7. The summed E-state index contributed by atoms with van der Waals surface area (Å²) in [4.78, 5) is 16.6. The monoisotopic (exact) mass is 355 g/mol. The number of fused-ring (bicyclic) bond motifs is 1. The fourth-order valence-electron chi connectivity index (χ4n) is 2.84. The molecule has 1 aliphatic heterocycles. The van der Waals surface area contributed by atoms with E-state index < -0.39 is 0 Å². The average Bonchev–Trinajstić information content (AvgIpc) is 3.17. The third-order valence-corrected chi connectivity index (χ3v) is 5.25. The molecule has 0 radical (unpaired) electrons. The van der Waals surface area contributed by atoms with Gasteiger partial charge in [0, 0.05) is 18.5 Å². The van der Waals surface area contributed by atoms with Crippen LogP contribution in [0.15, 0.2) is 29.3 Å². The molecule has 2 heterocycles. The summed E-state index contributed by atoms with van der Waals surface area (Å²) in [5.74, 6) is 0.181. The van der Waals surface area contributed by atoms with Gasteiger partial charge in [0.15, 0.2) is 0 Å². The maximum atomic E-state index is 12.0. The third kappa shape index (κ3) is 4.50. The van der Waals surface area contributed by atoms with Crippen LogP contribution in [0.2, 0.25) is 0 Å². The third-order valence-electron chi connectivity index (χ3n) is 4.26. The number of carbonyl (C=O) groups excluding carboxylic acids is 1. The second kappa shape index (κ2) is 8.32. The van der Waals surface area contributed by atoms with Crippen molar-refractivity contribution in [2.75, 3.05) is 18.9 Å². The van der Waals surface area contributed by atoms with E-state index in [2.05, 4.69) is 29.4 Å². The van der Waals surface area contributed by atoms with Gasteiger partial charge in [-0.2, -0.15) is 5.26 Å². The number of nitrogens with zero attached hydrogens (tertiary/aromatic N) is 2. The van der Waals surface area contributed by atoms with Crippen LogP contribution < -0.4 is 5.32 Å². The van der Waals surface area contributed by atoms with E-state index in [9.17, 15) is 10.1 Å². The quantitative estimate of drug-likeness (QED) is 0.806. The SMILES string of the molecule is CCc1ccc2nc(SCC(=O)NC[C@H]3CCCO3)c(C#N)cc2c1. The minimum Gasteiger partial charge on any atom is -0.376 e. The Bertz CT molecular complexity index is 810. The van der Waals surface area contributed by atoms with Crippen molar-refractivity contribution in [2.24, 2.45) is 0 Å². The fourth-order valence-corrected chi connectivity index (χ4v) is 3.63. The second-order valence-electron chi connectivity index (χ2n) is 6.06. The molecule has 0 saturated carbocycles. The number of aromatic nitrogens is 1. The molecule has 2 aromatic rings. The fraction of sp³-hybridized carbons (Fsp3) is 0.421. The summed E-state index contributed by atoms with van der Waals surface area (Å²) in [5.41, 5.74) is 2.57. The largest absolute Gasteiger partial charge is 0.376 e. The zero-order valence-corrected chi connectivity index (χ0v) is 15.1. The molecule has 0 unspecified atom stereocenters. The lowest BCUT2D eigenvalue weighted by Gasteiger charge is -2.11. The highest BCUT2D eigenvalue weighted by Crippen LogP contribution is 2.25. The Morgan fingerprint density at radius 1 is 1.48 bits per heavy atom. The molecule has 1 saturated heterocycles. The molecule has 6 heteroatoms. The first-order chi connectivity index (χ1) is 12.2. The lowest BCUT2D eigenvalue weighted by molar-refractivity contribution is -0.119. The molecule has 25 heavy (non-hydrogen) atoms. The van der Waals surface area contributed by atoms with Crippen LogP contribution in [0.1, 0.15) is 30.9 Å². The molecule has 0 spiro atoms. The van der Waals surface area contributed by atoms with Gasteiger partial charge in [0.2, 0.25) is 5.91 Å². The van der Waals surface area contributed by atoms with Gasteiger partial charge in [-0.25, -0.2) is 4.98 Å². The van der Waals surface area contributed by atoms with Crippen LogP contribution in [0.5, 0.6) is 0 Å². The molecule has 3 rings (SSSR count). The number of nitriles is 1. The van der Waals surface area contributed by atoms with E-state index in [-0.39, 0.29) is 17.8 Å². The summed E-state index contributed by atoms with van der Waals surface area (Å²) >= 11 is 1.30. The van der Waals surface area contributed by atoms with Gasteiger partial charge in [-0.15, -0.1) is 0 Å². The Kier molecular flexibility index (Phi) is 5.90. The molecule has 1 aromatic heterocycles. The molecule has 1 N–H and O–H groups in total. The van der Waals surface area contributed by atoms with Gasteiger partial charge in [-0.05, 0) is 43.0 Å². The van der Waals surface area contributed by atoms with E-state index in [1.54, 1.807) is 0 Å². The number of carbonyl (C=O) groups is 1. The van der Waals surface area contributed by atoms with Crippen LogP contribution in [0.25, 0.3) is 10.9 Å². The summed E-state index contributed by atoms with van der Waals surface area (Å²) in [6.45, 7) is 3.43. The summed E-state index contributed by atoms with van der Waals surface area (Å²) < 4.78 is 5.49. The zero-order chi connectivity index (χ0) is 17.6. The van der Waals surface area contributed by atoms with Gasteiger partial charge in [0.05, 0.1) is 22.9 Å². The minimum atomic E-state index is -0.0624. The van der Waals surface area contributed by atoms with Gasteiger partial charge in [-0.1, -0.05) is 24.8 Å². The molecule has 1 aliphatic rings. The first-order valence-corrected chi connectivity index (χ1v) is 9.53. The Hall–Kier alpha value is -2.10. The van der Waals surface area contributed by atoms with Crippen LogP contribution in [-0.4, -0.2) is 35.9 Å². The first-order valence-electron chi connectivity index (χ1n) is 8.54. The molecular formula is C19H21N3O2S. The number of rotatable bonds is 6. The van der Waals surface area contributed by atoms with E-state index in [1.807, 2.05) is 18.2 Å². The van der Waals surface area contributed by atoms with Crippen molar-refractivity contribution in [1.29, 1.82) is 5.26 Å². The number of amides is 1. The van der Waals surface area contributed by atoms with Crippen molar-refractivity contribution >= 4 is 28.6 Å². The van der Waals surface area contributed by atoms with E-state index in [4.69, 9.17) is 4.74 Å². The second-order valence-corrected chi connectivity index (χ2v) is 7.03. The standard InChI is InChI=1S/C19H21N3O2S/c1-2-13-5-6-17-14(8-13)9-15(10-20)19(22-17)25-12-18(23)21-11-16-4-3-7-24-16/h5-6,8-9,16H,2-4,7,11-12H2,1H3,(H,21,23)/t16-/m1/s1. The number of benzene rings is 1. The van der Waals surface area contributed by atoms with Gasteiger partial charge >= 0.3 is 0 Å². The number of ether oxygens (including phenoxy) is 1. The predicted octanol–water partition coefficient (Wildman–Crippen LogP) is 3.06. The maximum absolute atomic E-state index is 12.0. The molecule has 1 aromatic carbocycles. The van der Waals surface area contributed by atoms with E-state index in [0.29, 0.717) is 17.1 Å². The highest BCUT2D eigenvalue weighted by atomic mass is 32.2. The Morgan fingerprint density at radius 2 is 2.36 bits per heavy atom. The summed E-state index contributed by atoms with van der Waals surface area (Å²) in [6.07, 6.45) is 3.13. The maximum Gasteiger partial charge on any atom is 0.230 e. The molecule has 1 amide bonds. The normalized spacial score (nSPS) is 16.7. The molecule has 1 atom stereocenters. The number of thioether (sulfide) groups is 1. The Balaban J connectivity index is 1.65. The van der Waals surface area contributed by atoms with Crippen LogP contribution >= 0.6 is 11.8 Å². The number of aryl methyl sites for hydroxylation is 1. The summed E-state index contributed by atoms with van der Waals surface area (Å²) in [6, 6.07) is 10.1. The average molecular weight is 355 g/mol.